The molecule has 3 amide bonds. The van der Waals surface area contributed by atoms with Gasteiger partial charge in [-0.25, -0.2) is 4.79 Å². The number of rotatable bonds is 6. The summed E-state index contributed by atoms with van der Waals surface area (Å²) in [4.78, 5) is 33.6. The molecule has 2 aliphatic heterocycles. The second-order valence-corrected chi connectivity index (χ2v) is 10.4. The van der Waals surface area contributed by atoms with E-state index in [1.165, 1.54) is 16.7 Å². The molecule has 0 aromatic heterocycles. The number of piperidine rings is 1. The van der Waals surface area contributed by atoms with Crippen LogP contribution in [0, 0.1) is 5.92 Å². The van der Waals surface area contributed by atoms with Crippen LogP contribution >= 0.6 is 0 Å². The summed E-state index contributed by atoms with van der Waals surface area (Å²) in [6.07, 6.45) is 2.92. The first-order chi connectivity index (χ1) is 16.4. The Morgan fingerprint density at radius 1 is 0.971 bits per heavy atom. The van der Waals surface area contributed by atoms with Crippen molar-refractivity contribution in [3.8, 4) is 5.75 Å². The van der Waals surface area contributed by atoms with Gasteiger partial charge in [-0.1, -0.05) is 50.2 Å². The summed E-state index contributed by atoms with van der Waals surface area (Å²) in [5, 5.41) is 0. The Morgan fingerprint density at radius 2 is 1.59 bits per heavy atom. The molecule has 2 saturated heterocycles. The summed E-state index contributed by atoms with van der Waals surface area (Å²) in [6, 6.07) is 16.3. The third kappa shape index (κ3) is 3.98. The lowest BCUT2D eigenvalue weighted by molar-refractivity contribution is -0.137. The predicted octanol–water partition coefficient (Wildman–Crippen LogP) is 4.12. The summed E-state index contributed by atoms with van der Waals surface area (Å²) in [5.41, 5.74) is 3.06. The highest BCUT2D eigenvalue weighted by Gasteiger charge is 2.59. The molecule has 2 heterocycles. The van der Waals surface area contributed by atoms with E-state index in [-0.39, 0.29) is 18.0 Å². The molecule has 0 saturated carbocycles. The largest absolute Gasteiger partial charge is 0.497 e. The summed E-state index contributed by atoms with van der Waals surface area (Å²) in [6.45, 7) is 7.32. The number of hydrogen-bond acceptors (Lipinski definition) is 4. The van der Waals surface area contributed by atoms with Crippen LogP contribution in [0.15, 0.2) is 48.5 Å². The zero-order valence-electron chi connectivity index (χ0n) is 20.5. The second-order valence-electron chi connectivity index (χ2n) is 10.4. The third-order valence-electron chi connectivity index (χ3n) is 7.76. The lowest BCUT2D eigenvalue weighted by atomic mass is 9.85. The number of amides is 3. The van der Waals surface area contributed by atoms with Crippen LogP contribution in [0.4, 0.5) is 4.79 Å². The van der Waals surface area contributed by atoms with Crippen molar-refractivity contribution >= 4 is 11.9 Å². The molecule has 5 rings (SSSR count). The molecule has 0 N–H and O–H groups in total. The lowest BCUT2D eigenvalue weighted by Gasteiger charge is -2.42. The fraction of sp³-hybridized carbons (Fsp3) is 0.500. The number of ether oxygens (including phenoxy) is 1. The monoisotopic (exact) mass is 461 g/mol. The van der Waals surface area contributed by atoms with Crippen LogP contribution in [0.5, 0.6) is 5.75 Å². The number of nitrogens with zero attached hydrogens (tertiary/aromatic N) is 3. The van der Waals surface area contributed by atoms with E-state index < -0.39 is 5.54 Å². The highest BCUT2D eigenvalue weighted by Crippen LogP contribution is 2.41. The van der Waals surface area contributed by atoms with E-state index in [0.29, 0.717) is 25.3 Å². The van der Waals surface area contributed by atoms with Gasteiger partial charge in [0.25, 0.3) is 5.91 Å². The Labute approximate surface area is 202 Å². The SMILES string of the molecule is COc1ccc(CN2CCC3(CC2)C(=O)N(C2Cc4ccccc4C2)C(=O)N3CC(C)C)cc1. The maximum absolute atomic E-state index is 14.0. The molecule has 180 valence electrons. The molecule has 2 aromatic carbocycles. The van der Waals surface area contributed by atoms with Gasteiger partial charge in [0.2, 0.25) is 0 Å². The quantitative estimate of drug-likeness (QED) is 0.608. The molecule has 0 bridgehead atoms. The van der Waals surface area contributed by atoms with Gasteiger partial charge in [0.15, 0.2) is 0 Å². The van der Waals surface area contributed by atoms with Crippen molar-refractivity contribution in [2.24, 2.45) is 5.92 Å². The van der Waals surface area contributed by atoms with Crippen molar-refractivity contribution in [3.63, 3.8) is 0 Å². The van der Waals surface area contributed by atoms with Crippen molar-refractivity contribution < 1.29 is 14.3 Å². The van der Waals surface area contributed by atoms with E-state index in [0.717, 1.165) is 38.2 Å². The molecule has 0 unspecified atom stereocenters. The van der Waals surface area contributed by atoms with Crippen molar-refractivity contribution in [1.82, 2.24) is 14.7 Å². The van der Waals surface area contributed by atoms with Crippen molar-refractivity contribution in [2.75, 3.05) is 26.7 Å². The van der Waals surface area contributed by atoms with Crippen LogP contribution in [0.3, 0.4) is 0 Å². The van der Waals surface area contributed by atoms with Crippen LogP contribution in [-0.2, 0) is 24.2 Å². The van der Waals surface area contributed by atoms with Crippen molar-refractivity contribution in [3.05, 3.63) is 65.2 Å². The number of hydrogen-bond donors (Lipinski definition) is 0. The fourth-order valence-electron chi connectivity index (χ4n) is 5.95. The highest BCUT2D eigenvalue weighted by atomic mass is 16.5. The van der Waals surface area contributed by atoms with Gasteiger partial charge in [-0.2, -0.15) is 0 Å². The Morgan fingerprint density at radius 3 is 2.15 bits per heavy atom. The molecule has 6 heteroatoms. The van der Waals surface area contributed by atoms with Crippen LogP contribution in [0.2, 0.25) is 0 Å². The topological polar surface area (TPSA) is 53.1 Å². The number of benzene rings is 2. The molecular weight excluding hydrogens is 426 g/mol. The van der Waals surface area contributed by atoms with Gasteiger partial charge in [0.05, 0.1) is 7.11 Å². The zero-order chi connectivity index (χ0) is 23.9. The molecule has 2 fully saturated rings. The highest BCUT2D eigenvalue weighted by molar-refractivity contribution is 6.07. The maximum atomic E-state index is 14.0. The van der Waals surface area contributed by atoms with Crippen LogP contribution in [0.25, 0.3) is 0 Å². The molecule has 2 aromatic rings. The fourth-order valence-corrected chi connectivity index (χ4v) is 5.95. The van der Waals surface area contributed by atoms with Gasteiger partial charge >= 0.3 is 6.03 Å². The van der Waals surface area contributed by atoms with E-state index in [4.69, 9.17) is 4.74 Å². The van der Waals surface area contributed by atoms with Gasteiger partial charge in [-0.15, -0.1) is 0 Å². The summed E-state index contributed by atoms with van der Waals surface area (Å²) >= 11 is 0. The Bertz CT molecular complexity index is 1030. The smallest absolute Gasteiger partial charge is 0.327 e. The molecule has 3 aliphatic rings. The van der Waals surface area contributed by atoms with Crippen molar-refractivity contribution in [2.45, 2.75) is 57.7 Å². The number of carbonyl (C=O) groups is 2. The van der Waals surface area contributed by atoms with Gasteiger partial charge in [0.1, 0.15) is 11.3 Å². The van der Waals surface area contributed by atoms with Gasteiger partial charge in [-0.05, 0) is 60.4 Å². The molecular formula is C28H35N3O3. The first-order valence-electron chi connectivity index (χ1n) is 12.5. The Balaban J connectivity index is 1.33. The lowest BCUT2D eigenvalue weighted by Crippen LogP contribution is -2.57. The zero-order valence-corrected chi connectivity index (χ0v) is 20.5. The van der Waals surface area contributed by atoms with Crippen LogP contribution in [-0.4, -0.2) is 65.0 Å². The number of imide groups is 1. The van der Waals surface area contributed by atoms with Crippen LogP contribution in [0.1, 0.15) is 43.4 Å². The van der Waals surface area contributed by atoms with Gasteiger partial charge in [0, 0.05) is 32.2 Å². The van der Waals surface area contributed by atoms with Crippen molar-refractivity contribution in [1.29, 1.82) is 0 Å². The normalized spacial score (nSPS) is 20.6. The molecule has 6 nitrogen and oxygen atoms in total. The standard InChI is InChI=1S/C28H35N3O3/c1-20(2)18-30-27(33)31(24-16-22-6-4-5-7-23(22)17-24)26(32)28(30)12-14-29(15-13-28)19-21-8-10-25(34-3)11-9-21/h4-11,20,24H,12-19H2,1-3H3. The summed E-state index contributed by atoms with van der Waals surface area (Å²) in [7, 11) is 1.68. The molecule has 0 radical (unpaired) electrons. The first-order valence-corrected chi connectivity index (χ1v) is 12.5. The minimum atomic E-state index is -0.702. The number of carbonyl (C=O) groups excluding carboxylic acids is 2. The molecule has 1 aliphatic carbocycles. The van der Waals surface area contributed by atoms with E-state index in [9.17, 15) is 9.59 Å². The summed E-state index contributed by atoms with van der Waals surface area (Å²) in [5.74, 6) is 1.20. The maximum Gasteiger partial charge on any atom is 0.327 e. The van der Waals surface area contributed by atoms with Gasteiger partial charge < -0.3 is 9.64 Å². The average Bonchev–Trinajstić information content (AvgIpc) is 3.34. The minimum Gasteiger partial charge on any atom is -0.497 e. The van der Waals surface area contributed by atoms with E-state index in [2.05, 4.69) is 43.0 Å². The van der Waals surface area contributed by atoms with Gasteiger partial charge in [-0.3, -0.25) is 14.6 Å². The minimum absolute atomic E-state index is 0.0278. The Hall–Kier alpha value is -2.86. The van der Waals surface area contributed by atoms with Crippen LogP contribution < -0.4 is 4.74 Å². The number of methoxy groups -OCH3 is 1. The average molecular weight is 462 g/mol. The molecule has 1 spiro atoms. The molecule has 0 atom stereocenters. The molecule has 34 heavy (non-hydrogen) atoms. The van der Waals surface area contributed by atoms with E-state index >= 15 is 0 Å². The number of fused-ring (bicyclic) bond motifs is 1. The first kappa shape index (κ1) is 22.9. The third-order valence-corrected chi connectivity index (χ3v) is 7.76. The predicted molar refractivity (Wildman–Crippen MR) is 132 cm³/mol. The summed E-state index contributed by atoms with van der Waals surface area (Å²) < 4.78 is 5.27. The van der Waals surface area contributed by atoms with E-state index in [1.54, 1.807) is 12.0 Å². The Kier molecular flexibility index (Phi) is 6.11. The second kappa shape index (κ2) is 9.06. The van der Waals surface area contributed by atoms with E-state index in [1.807, 2.05) is 29.2 Å². The number of likely N-dealkylation sites (tertiary alicyclic amines) is 1. The number of urea groups is 1.